The van der Waals surface area contributed by atoms with Crippen LogP contribution in [0.15, 0.2) is 24.8 Å². The number of allylic oxidation sites excluding steroid dienone is 3. The van der Waals surface area contributed by atoms with Gasteiger partial charge in [0.2, 0.25) is 0 Å². The van der Waals surface area contributed by atoms with Crippen LogP contribution in [0, 0.1) is 0 Å². The largest absolute Gasteiger partial charge is 0.103 e. The summed E-state index contributed by atoms with van der Waals surface area (Å²) in [6, 6.07) is 0. The van der Waals surface area contributed by atoms with Gasteiger partial charge >= 0.3 is 0 Å². The molecular formula is C7H11Br. The molecule has 0 N–H and O–H groups in total. The zero-order valence-electron chi connectivity index (χ0n) is 4.94. The molecule has 0 atom stereocenters. The summed E-state index contributed by atoms with van der Waals surface area (Å²) in [6.07, 6.45) is 8.39. The second kappa shape index (κ2) is 6.96. The molecule has 0 saturated carbocycles. The predicted molar refractivity (Wildman–Crippen MR) is 42.4 cm³/mol. The molecule has 0 heterocycles. The first-order chi connectivity index (χ1) is 3.91. The van der Waals surface area contributed by atoms with Gasteiger partial charge in [-0.2, -0.15) is 0 Å². The third kappa shape index (κ3) is 5.96. The molecule has 0 amide bonds. The molecular weight excluding hydrogens is 164 g/mol. The summed E-state index contributed by atoms with van der Waals surface area (Å²) in [7, 11) is 0. The van der Waals surface area contributed by atoms with E-state index >= 15 is 0 Å². The van der Waals surface area contributed by atoms with Gasteiger partial charge < -0.3 is 0 Å². The standard InChI is InChI=1S/C7H11Br/c1-2-3-4-5-6-7-8/h2,5-6H,1,3-4,7H2/b6-5+. The Balaban J connectivity index is 2.90. The topological polar surface area (TPSA) is 0 Å². The van der Waals surface area contributed by atoms with Crippen molar-refractivity contribution in [2.24, 2.45) is 0 Å². The Hall–Kier alpha value is -0.0400. The van der Waals surface area contributed by atoms with Crippen molar-refractivity contribution in [3.05, 3.63) is 24.8 Å². The van der Waals surface area contributed by atoms with E-state index in [2.05, 4.69) is 34.7 Å². The number of hydrogen-bond acceptors (Lipinski definition) is 0. The maximum atomic E-state index is 3.61. The lowest BCUT2D eigenvalue weighted by atomic mass is 10.3. The van der Waals surface area contributed by atoms with E-state index < -0.39 is 0 Å². The molecule has 8 heavy (non-hydrogen) atoms. The first-order valence-electron chi connectivity index (χ1n) is 2.73. The number of halogens is 1. The van der Waals surface area contributed by atoms with E-state index in [0.717, 1.165) is 18.2 Å². The molecule has 0 fully saturated rings. The van der Waals surface area contributed by atoms with Gasteiger partial charge in [0.05, 0.1) is 0 Å². The molecule has 0 unspecified atom stereocenters. The number of alkyl halides is 1. The van der Waals surface area contributed by atoms with Crippen LogP contribution >= 0.6 is 15.9 Å². The van der Waals surface area contributed by atoms with Crippen LogP contribution < -0.4 is 0 Å². The summed E-state index contributed by atoms with van der Waals surface area (Å²) in [4.78, 5) is 0. The summed E-state index contributed by atoms with van der Waals surface area (Å²) >= 11 is 3.29. The molecule has 46 valence electrons. The third-order valence-corrected chi connectivity index (χ3v) is 1.17. The molecule has 0 aromatic carbocycles. The molecule has 0 rings (SSSR count). The number of hydrogen-bond donors (Lipinski definition) is 0. The third-order valence-electron chi connectivity index (χ3n) is 0.793. The molecule has 0 spiro atoms. The molecule has 0 bridgehead atoms. The maximum absolute atomic E-state index is 3.61. The van der Waals surface area contributed by atoms with Gasteiger partial charge in [-0.05, 0) is 12.8 Å². The van der Waals surface area contributed by atoms with Gasteiger partial charge in [0, 0.05) is 5.33 Å². The lowest BCUT2D eigenvalue weighted by molar-refractivity contribution is 1.05. The highest BCUT2D eigenvalue weighted by atomic mass is 79.9. The summed E-state index contributed by atoms with van der Waals surface area (Å²) in [5.74, 6) is 0. The van der Waals surface area contributed by atoms with Crippen LogP contribution in [0.3, 0.4) is 0 Å². The summed E-state index contributed by atoms with van der Waals surface area (Å²) in [5, 5.41) is 0.962. The van der Waals surface area contributed by atoms with Crippen molar-refractivity contribution in [1.29, 1.82) is 0 Å². The van der Waals surface area contributed by atoms with E-state index in [0.29, 0.717) is 0 Å². The van der Waals surface area contributed by atoms with E-state index in [-0.39, 0.29) is 0 Å². The van der Waals surface area contributed by atoms with Crippen molar-refractivity contribution in [3.63, 3.8) is 0 Å². The minimum Gasteiger partial charge on any atom is -0.103 e. The minimum absolute atomic E-state index is 0.962. The zero-order chi connectivity index (χ0) is 6.24. The average molecular weight is 175 g/mol. The van der Waals surface area contributed by atoms with Crippen LogP contribution in [0.1, 0.15) is 12.8 Å². The molecule has 0 aromatic heterocycles. The van der Waals surface area contributed by atoms with E-state index in [1.54, 1.807) is 0 Å². The molecule has 0 saturated heterocycles. The summed E-state index contributed by atoms with van der Waals surface area (Å²) < 4.78 is 0. The van der Waals surface area contributed by atoms with E-state index in [1.165, 1.54) is 0 Å². The summed E-state index contributed by atoms with van der Waals surface area (Å²) in [5.41, 5.74) is 0. The SMILES string of the molecule is C=CCC/C=C/CBr. The Morgan fingerprint density at radius 1 is 1.25 bits per heavy atom. The summed E-state index contributed by atoms with van der Waals surface area (Å²) in [6.45, 7) is 3.61. The molecule has 0 radical (unpaired) electrons. The van der Waals surface area contributed by atoms with Crippen molar-refractivity contribution in [3.8, 4) is 0 Å². The molecule has 0 nitrogen and oxygen atoms in total. The molecule has 0 aromatic rings. The molecule has 0 aliphatic rings. The smallest absolute Gasteiger partial charge is 0.0212 e. The zero-order valence-corrected chi connectivity index (χ0v) is 6.52. The van der Waals surface area contributed by atoms with Crippen LogP contribution in [0.25, 0.3) is 0 Å². The van der Waals surface area contributed by atoms with Gasteiger partial charge in [0.25, 0.3) is 0 Å². The first kappa shape index (κ1) is 7.96. The monoisotopic (exact) mass is 174 g/mol. The van der Waals surface area contributed by atoms with Crippen LogP contribution in [0.4, 0.5) is 0 Å². The fraction of sp³-hybridized carbons (Fsp3) is 0.429. The normalized spacial score (nSPS) is 10.1. The Labute approximate surface area is 59.4 Å². The van der Waals surface area contributed by atoms with E-state index in [9.17, 15) is 0 Å². The average Bonchev–Trinajstić information content (AvgIpc) is 1.81. The first-order valence-corrected chi connectivity index (χ1v) is 3.86. The van der Waals surface area contributed by atoms with Crippen molar-refractivity contribution < 1.29 is 0 Å². The van der Waals surface area contributed by atoms with Crippen molar-refractivity contribution in [1.82, 2.24) is 0 Å². The molecule has 0 aliphatic carbocycles. The van der Waals surface area contributed by atoms with Gasteiger partial charge in [-0.3, -0.25) is 0 Å². The quantitative estimate of drug-likeness (QED) is 0.350. The van der Waals surface area contributed by atoms with Crippen LogP contribution in [-0.2, 0) is 0 Å². The fourth-order valence-corrected chi connectivity index (χ4v) is 0.659. The highest BCUT2D eigenvalue weighted by Gasteiger charge is 1.71. The highest BCUT2D eigenvalue weighted by molar-refractivity contribution is 9.09. The van der Waals surface area contributed by atoms with Gasteiger partial charge in [0.15, 0.2) is 0 Å². The Morgan fingerprint density at radius 3 is 2.50 bits per heavy atom. The fourth-order valence-electron chi connectivity index (χ4n) is 0.395. The Bertz CT molecular complexity index is 74.5. The van der Waals surface area contributed by atoms with Crippen molar-refractivity contribution in [2.45, 2.75) is 12.8 Å². The number of unbranched alkanes of at least 4 members (excludes halogenated alkanes) is 1. The van der Waals surface area contributed by atoms with Crippen LogP contribution in [0.2, 0.25) is 0 Å². The predicted octanol–water partition coefficient (Wildman–Crippen LogP) is 2.90. The van der Waals surface area contributed by atoms with E-state index in [4.69, 9.17) is 0 Å². The highest BCUT2D eigenvalue weighted by Crippen LogP contribution is 1.91. The lowest BCUT2D eigenvalue weighted by Gasteiger charge is -1.81. The molecule has 0 aliphatic heterocycles. The van der Waals surface area contributed by atoms with Crippen molar-refractivity contribution >= 4 is 15.9 Å². The van der Waals surface area contributed by atoms with Gasteiger partial charge in [-0.1, -0.05) is 34.2 Å². The van der Waals surface area contributed by atoms with E-state index in [1.807, 2.05) is 6.08 Å². The van der Waals surface area contributed by atoms with Crippen LogP contribution in [0.5, 0.6) is 0 Å². The van der Waals surface area contributed by atoms with Crippen LogP contribution in [-0.4, -0.2) is 5.33 Å². The Morgan fingerprint density at radius 2 is 2.00 bits per heavy atom. The number of rotatable bonds is 4. The van der Waals surface area contributed by atoms with Gasteiger partial charge in [0.1, 0.15) is 0 Å². The van der Waals surface area contributed by atoms with Gasteiger partial charge in [-0.25, -0.2) is 0 Å². The lowest BCUT2D eigenvalue weighted by Crippen LogP contribution is -1.63. The second-order valence-electron chi connectivity index (χ2n) is 1.49. The van der Waals surface area contributed by atoms with Crippen molar-refractivity contribution in [2.75, 3.05) is 5.33 Å². The Kier molecular flexibility index (Phi) is 6.93. The van der Waals surface area contributed by atoms with Gasteiger partial charge in [-0.15, -0.1) is 6.58 Å². The molecule has 1 heteroatoms. The maximum Gasteiger partial charge on any atom is 0.0212 e. The minimum atomic E-state index is 0.962. The second-order valence-corrected chi connectivity index (χ2v) is 2.14.